The van der Waals surface area contributed by atoms with Gasteiger partial charge in [0.15, 0.2) is 6.61 Å². The molecule has 38 heavy (non-hydrogen) atoms. The number of nitrogens with one attached hydrogen (secondary N) is 1. The molecule has 1 N–H and O–H groups in total. The molecule has 1 aromatic heterocycles. The molecule has 0 bridgehead atoms. The number of rotatable bonds is 15. The van der Waals surface area contributed by atoms with E-state index < -0.39 is 0 Å². The van der Waals surface area contributed by atoms with Gasteiger partial charge in [-0.1, -0.05) is 42.8 Å². The lowest BCUT2D eigenvalue weighted by molar-refractivity contribution is -0.123. The molecule has 0 radical (unpaired) electrons. The van der Waals surface area contributed by atoms with Crippen molar-refractivity contribution in [2.24, 2.45) is 0 Å². The van der Waals surface area contributed by atoms with Gasteiger partial charge in [-0.25, -0.2) is 4.98 Å². The third-order valence-corrected chi connectivity index (χ3v) is 6.77. The van der Waals surface area contributed by atoms with Gasteiger partial charge in [0.2, 0.25) is 0 Å². The summed E-state index contributed by atoms with van der Waals surface area (Å²) >= 11 is 0. The number of unbranched alkanes of at least 4 members (excludes halogenated alkanes) is 3. The van der Waals surface area contributed by atoms with Crippen LogP contribution in [-0.4, -0.2) is 35.2 Å². The van der Waals surface area contributed by atoms with Crippen molar-refractivity contribution in [3.63, 3.8) is 0 Å². The number of fused-ring (bicyclic) bond motifs is 1. The van der Waals surface area contributed by atoms with E-state index in [1.165, 1.54) is 16.6 Å². The van der Waals surface area contributed by atoms with Crippen molar-refractivity contribution in [3.05, 3.63) is 89.7 Å². The second-order valence-electron chi connectivity index (χ2n) is 9.73. The van der Waals surface area contributed by atoms with Crippen LogP contribution in [-0.2, 0) is 17.8 Å². The van der Waals surface area contributed by atoms with Crippen molar-refractivity contribution in [2.45, 2.75) is 58.9 Å². The van der Waals surface area contributed by atoms with Gasteiger partial charge in [0.05, 0.1) is 17.6 Å². The summed E-state index contributed by atoms with van der Waals surface area (Å²) in [6.45, 7) is 6.59. The molecule has 4 rings (SSSR count). The standard InChI is InChI=1S/C32H39N3O3/c1-25-18-19-28(23-26(25)2)37-22-12-11-21-35-30-16-9-8-15-29(30)34-31(35)17-7-4-10-20-33-32(36)24-38-27-13-5-3-6-14-27/h3,5-6,8-9,13-16,18-19,23H,4,7,10-12,17,20-22,24H2,1-2H3,(H,33,36). The Labute approximate surface area is 226 Å². The summed E-state index contributed by atoms with van der Waals surface area (Å²) in [5.74, 6) is 2.71. The molecule has 1 amide bonds. The number of hydrogen-bond acceptors (Lipinski definition) is 4. The first kappa shape index (κ1) is 27.2. The van der Waals surface area contributed by atoms with Crippen LogP contribution in [0.5, 0.6) is 11.5 Å². The van der Waals surface area contributed by atoms with Crippen LogP contribution in [0.25, 0.3) is 11.0 Å². The molecule has 3 aromatic carbocycles. The molecule has 0 aliphatic rings. The van der Waals surface area contributed by atoms with Crippen molar-refractivity contribution in [1.82, 2.24) is 14.9 Å². The zero-order valence-electron chi connectivity index (χ0n) is 22.6. The first-order valence-corrected chi connectivity index (χ1v) is 13.7. The van der Waals surface area contributed by atoms with Gasteiger partial charge in [-0.2, -0.15) is 0 Å². The van der Waals surface area contributed by atoms with Gasteiger partial charge in [0, 0.05) is 19.5 Å². The summed E-state index contributed by atoms with van der Waals surface area (Å²) in [6.07, 6.45) is 5.97. The van der Waals surface area contributed by atoms with E-state index in [1.54, 1.807) is 0 Å². The molecule has 1 heterocycles. The number of para-hydroxylation sites is 3. The van der Waals surface area contributed by atoms with Gasteiger partial charge in [-0.05, 0) is 87.1 Å². The minimum atomic E-state index is -0.0860. The molecule has 0 fully saturated rings. The third-order valence-electron chi connectivity index (χ3n) is 6.77. The van der Waals surface area contributed by atoms with Crippen LogP contribution in [0.2, 0.25) is 0 Å². The van der Waals surface area contributed by atoms with Gasteiger partial charge in [0.1, 0.15) is 17.3 Å². The quantitative estimate of drug-likeness (QED) is 0.186. The summed E-state index contributed by atoms with van der Waals surface area (Å²) in [5.41, 5.74) is 4.80. The lowest BCUT2D eigenvalue weighted by atomic mass is 10.1. The predicted octanol–water partition coefficient (Wildman–Crippen LogP) is 6.42. The van der Waals surface area contributed by atoms with Crippen LogP contribution in [0.15, 0.2) is 72.8 Å². The summed E-state index contributed by atoms with van der Waals surface area (Å²) in [6, 6.07) is 24.1. The normalized spacial score (nSPS) is 11.0. The van der Waals surface area contributed by atoms with Crippen LogP contribution >= 0.6 is 0 Å². The number of benzene rings is 3. The van der Waals surface area contributed by atoms with Crippen molar-refractivity contribution in [2.75, 3.05) is 19.8 Å². The largest absolute Gasteiger partial charge is 0.494 e. The highest BCUT2D eigenvalue weighted by Crippen LogP contribution is 2.20. The molecular weight excluding hydrogens is 474 g/mol. The van der Waals surface area contributed by atoms with Crippen LogP contribution in [0.1, 0.15) is 49.1 Å². The molecular formula is C32H39N3O3. The SMILES string of the molecule is Cc1ccc(OCCCCn2c(CCCCCNC(=O)COc3ccccc3)nc3ccccc32)cc1C. The fourth-order valence-corrected chi connectivity index (χ4v) is 4.46. The minimum Gasteiger partial charge on any atom is -0.494 e. The van der Waals surface area contributed by atoms with Gasteiger partial charge in [-0.3, -0.25) is 4.79 Å². The van der Waals surface area contributed by atoms with E-state index in [2.05, 4.69) is 54.1 Å². The Morgan fingerprint density at radius 3 is 2.47 bits per heavy atom. The average Bonchev–Trinajstić information content (AvgIpc) is 3.29. The van der Waals surface area contributed by atoms with E-state index in [4.69, 9.17) is 14.5 Å². The van der Waals surface area contributed by atoms with Gasteiger partial charge in [0.25, 0.3) is 5.91 Å². The van der Waals surface area contributed by atoms with Crippen LogP contribution in [0.3, 0.4) is 0 Å². The topological polar surface area (TPSA) is 65.4 Å². The van der Waals surface area contributed by atoms with E-state index in [1.807, 2.05) is 42.5 Å². The molecule has 0 saturated heterocycles. The Balaban J connectivity index is 1.17. The summed E-state index contributed by atoms with van der Waals surface area (Å²) < 4.78 is 13.8. The van der Waals surface area contributed by atoms with E-state index >= 15 is 0 Å². The highest BCUT2D eigenvalue weighted by Gasteiger charge is 2.10. The molecule has 6 nitrogen and oxygen atoms in total. The molecule has 0 spiro atoms. The maximum Gasteiger partial charge on any atom is 0.257 e. The van der Waals surface area contributed by atoms with Crippen LogP contribution in [0, 0.1) is 13.8 Å². The predicted molar refractivity (Wildman–Crippen MR) is 153 cm³/mol. The lowest BCUT2D eigenvalue weighted by Gasteiger charge is -2.11. The van der Waals surface area contributed by atoms with E-state index in [0.717, 1.165) is 62.2 Å². The molecule has 0 saturated carbocycles. The minimum absolute atomic E-state index is 0.0454. The second kappa shape index (κ2) is 14.2. The van der Waals surface area contributed by atoms with E-state index in [0.29, 0.717) is 18.9 Å². The Hall–Kier alpha value is -3.80. The fraction of sp³-hybridized carbons (Fsp3) is 0.375. The van der Waals surface area contributed by atoms with Crippen molar-refractivity contribution >= 4 is 16.9 Å². The first-order chi connectivity index (χ1) is 18.6. The Kier molecular flexibility index (Phi) is 10.2. The average molecular weight is 514 g/mol. The summed E-state index contributed by atoms with van der Waals surface area (Å²) in [7, 11) is 0. The maximum absolute atomic E-state index is 12.0. The molecule has 0 unspecified atom stereocenters. The molecule has 0 aliphatic carbocycles. The van der Waals surface area contributed by atoms with E-state index in [9.17, 15) is 4.79 Å². The van der Waals surface area contributed by atoms with Gasteiger partial charge in [-0.15, -0.1) is 0 Å². The monoisotopic (exact) mass is 513 g/mol. The Morgan fingerprint density at radius 1 is 0.816 bits per heavy atom. The van der Waals surface area contributed by atoms with Gasteiger partial charge >= 0.3 is 0 Å². The zero-order valence-corrected chi connectivity index (χ0v) is 22.6. The zero-order chi connectivity index (χ0) is 26.6. The number of aromatic nitrogens is 2. The highest BCUT2D eigenvalue weighted by molar-refractivity contribution is 5.77. The number of carbonyl (C=O) groups is 1. The third kappa shape index (κ3) is 8.10. The number of amides is 1. The molecule has 0 atom stereocenters. The van der Waals surface area contributed by atoms with Crippen molar-refractivity contribution < 1.29 is 14.3 Å². The number of aryl methyl sites for hydroxylation is 4. The molecule has 6 heteroatoms. The number of imidazole rings is 1. The lowest BCUT2D eigenvalue weighted by Crippen LogP contribution is -2.29. The van der Waals surface area contributed by atoms with Crippen molar-refractivity contribution in [3.8, 4) is 11.5 Å². The van der Waals surface area contributed by atoms with Crippen molar-refractivity contribution in [1.29, 1.82) is 0 Å². The molecule has 0 aliphatic heterocycles. The smallest absolute Gasteiger partial charge is 0.257 e. The number of hydrogen-bond donors (Lipinski definition) is 1. The molecule has 200 valence electrons. The fourth-order valence-electron chi connectivity index (χ4n) is 4.46. The first-order valence-electron chi connectivity index (χ1n) is 13.7. The van der Waals surface area contributed by atoms with Gasteiger partial charge < -0.3 is 19.4 Å². The summed E-state index contributed by atoms with van der Waals surface area (Å²) in [4.78, 5) is 16.9. The van der Waals surface area contributed by atoms with Crippen LogP contribution < -0.4 is 14.8 Å². The van der Waals surface area contributed by atoms with Crippen LogP contribution in [0.4, 0.5) is 0 Å². The Bertz CT molecular complexity index is 1300. The molecule has 4 aromatic rings. The number of ether oxygens (including phenoxy) is 2. The summed E-state index contributed by atoms with van der Waals surface area (Å²) in [5, 5.41) is 2.95. The Morgan fingerprint density at radius 2 is 1.63 bits per heavy atom. The van der Waals surface area contributed by atoms with E-state index in [-0.39, 0.29) is 12.5 Å². The maximum atomic E-state index is 12.0. The second-order valence-corrected chi connectivity index (χ2v) is 9.73. The highest BCUT2D eigenvalue weighted by atomic mass is 16.5. The number of carbonyl (C=O) groups excluding carboxylic acids is 1. The number of nitrogens with zero attached hydrogens (tertiary/aromatic N) is 2.